The zero-order valence-corrected chi connectivity index (χ0v) is 9.51. The molecule has 0 aliphatic rings. The monoisotopic (exact) mass is 217 g/mol. The van der Waals surface area contributed by atoms with E-state index in [1.54, 1.807) is 6.20 Å². The van der Waals surface area contributed by atoms with Gasteiger partial charge in [0.2, 0.25) is 0 Å². The maximum Gasteiger partial charge on any atom is 0.148 e. The van der Waals surface area contributed by atoms with Crippen molar-refractivity contribution in [3.05, 3.63) is 35.8 Å². The summed E-state index contributed by atoms with van der Waals surface area (Å²) >= 11 is 0. The van der Waals surface area contributed by atoms with Crippen LogP contribution in [0, 0.1) is 6.92 Å². The van der Waals surface area contributed by atoms with Crippen LogP contribution in [0.3, 0.4) is 0 Å². The Morgan fingerprint density at radius 2 is 2.31 bits per heavy atom. The number of hydrogen-bond acceptors (Lipinski definition) is 4. The maximum atomic E-state index is 4.30. The van der Waals surface area contributed by atoms with E-state index in [-0.39, 0.29) is 0 Å². The standard InChI is InChI=1S/C11H15N5/c1-9-7-11(14-13-8-9)12-5-3-10-4-6-16(2)15-10/h4,6-8H,3,5H2,1-2H3,(H,12,14). The van der Waals surface area contributed by atoms with Crippen LogP contribution in [0.5, 0.6) is 0 Å². The average molecular weight is 217 g/mol. The van der Waals surface area contributed by atoms with Gasteiger partial charge in [0.25, 0.3) is 0 Å². The van der Waals surface area contributed by atoms with Gasteiger partial charge >= 0.3 is 0 Å². The Morgan fingerprint density at radius 1 is 1.44 bits per heavy atom. The highest BCUT2D eigenvalue weighted by Gasteiger charge is 1.98. The van der Waals surface area contributed by atoms with E-state index >= 15 is 0 Å². The van der Waals surface area contributed by atoms with Crippen LogP contribution < -0.4 is 5.32 Å². The average Bonchev–Trinajstić information content (AvgIpc) is 2.64. The normalized spacial score (nSPS) is 10.4. The molecule has 0 radical (unpaired) electrons. The third-order valence-electron chi connectivity index (χ3n) is 2.25. The summed E-state index contributed by atoms with van der Waals surface area (Å²) in [5.74, 6) is 0.816. The first-order valence-corrected chi connectivity index (χ1v) is 5.26. The summed E-state index contributed by atoms with van der Waals surface area (Å²) in [5.41, 5.74) is 2.19. The lowest BCUT2D eigenvalue weighted by Crippen LogP contribution is -2.07. The minimum Gasteiger partial charge on any atom is -0.368 e. The van der Waals surface area contributed by atoms with Crippen molar-refractivity contribution in [3.63, 3.8) is 0 Å². The molecule has 2 rings (SSSR count). The Kier molecular flexibility index (Phi) is 3.14. The van der Waals surface area contributed by atoms with Crippen molar-refractivity contribution in [1.82, 2.24) is 20.0 Å². The Labute approximate surface area is 94.5 Å². The first-order chi connectivity index (χ1) is 7.74. The summed E-state index contributed by atoms with van der Waals surface area (Å²) in [6.45, 7) is 2.81. The van der Waals surface area contributed by atoms with Gasteiger partial charge in [0.05, 0.1) is 11.9 Å². The number of aromatic nitrogens is 4. The van der Waals surface area contributed by atoms with Gasteiger partial charge in [-0.2, -0.15) is 10.2 Å². The molecule has 0 unspecified atom stereocenters. The lowest BCUT2D eigenvalue weighted by molar-refractivity contribution is 0.741. The molecule has 5 heteroatoms. The molecule has 0 fully saturated rings. The fourth-order valence-corrected chi connectivity index (χ4v) is 1.47. The molecule has 0 aromatic carbocycles. The molecule has 2 aromatic rings. The Balaban J connectivity index is 1.84. The summed E-state index contributed by atoms with van der Waals surface area (Å²) in [6, 6.07) is 4.00. The number of nitrogens with zero attached hydrogens (tertiary/aromatic N) is 4. The van der Waals surface area contributed by atoms with Crippen LogP contribution in [-0.2, 0) is 13.5 Å². The maximum absolute atomic E-state index is 4.30. The van der Waals surface area contributed by atoms with E-state index in [0.29, 0.717) is 0 Å². The third kappa shape index (κ3) is 2.79. The predicted octanol–water partition coefficient (Wildman–Crippen LogP) is 1.17. The van der Waals surface area contributed by atoms with Gasteiger partial charge in [0.1, 0.15) is 5.82 Å². The van der Waals surface area contributed by atoms with E-state index in [9.17, 15) is 0 Å². The third-order valence-corrected chi connectivity index (χ3v) is 2.25. The second-order valence-electron chi connectivity index (χ2n) is 3.78. The Hall–Kier alpha value is -1.91. The number of hydrogen-bond donors (Lipinski definition) is 1. The molecule has 0 amide bonds. The van der Waals surface area contributed by atoms with Crippen molar-refractivity contribution in [2.24, 2.45) is 7.05 Å². The highest BCUT2D eigenvalue weighted by molar-refractivity contribution is 5.34. The predicted molar refractivity (Wildman–Crippen MR) is 62.2 cm³/mol. The van der Waals surface area contributed by atoms with Crippen molar-refractivity contribution in [2.75, 3.05) is 11.9 Å². The molecule has 0 aliphatic heterocycles. The highest BCUT2D eigenvalue weighted by atomic mass is 15.2. The fourth-order valence-electron chi connectivity index (χ4n) is 1.47. The quantitative estimate of drug-likeness (QED) is 0.835. The molecule has 0 bridgehead atoms. The van der Waals surface area contributed by atoms with Gasteiger partial charge < -0.3 is 5.32 Å². The number of rotatable bonds is 4. The molecule has 1 N–H and O–H groups in total. The molecule has 16 heavy (non-hydrogen) atoms. The second-order valence-corrected chi connectivity index (χ2v) is 3.78. The van der Waals surface area contributed by atoms with Gasteiger partial charge in [0.15, 0.2) is 0 Å². The van der Waals surface area contributed by atoms with E-state index in [1.807, 2.05) is 37.0 Å². The van der Waals surface area contributed by atoms with Gasteiger partial charge in [-0.15, -0.1) is 5.10 Å². The molecular weight excluding hydrogens is 202 g/mol. The van der Waals surface area contributed by atoms with E-state index < -0.39 is 0 Å². The zero-order valence-electron chi connectivity index (χ0n) is 9.51. The van der Waals surface area contributed by atoms with Gasteiger partial charge in [-0.25, -0.2) is 0 Å². The van der Waals surface area contributed by atoms with Gasteiger partial charge in [-0.05, 0) is 24.6 Å². The van der Waals surface area contributed by atoms with Gasteiger partial charge in [-0.3, -0.25) is 4.68 Å². The van der Waals surface area contributed by atoms with Crippen LogP contribution in [-0.4, -0.2) is 26.5 Å². The lowest BCUT2D eigenvalue weighted by Gasteiger charge is -2.03. The van der Waals surface area contributed by atoms with E-state index in [4.69, 9.17) is 0 Å². The summed E-state index contributed by atoms with van der Waals surface area (Å²) in [4.78, 5) is 0. The van der Waals surface area contributed by atoms with Crippen molar-refractivity contribution in [3.8, 4) is 0 Å². The Bertz CT molecular complexity index is 463. The van der Waals surface area contributed by atoms with Crippen LogP contribution in [0.1, 0.15) is 11.3 Å². The second kappa shape index (κ2) is 4.74. The SMILES string of the molecule is Cc1cnnc(NCCc2ccn(C)n2)c1. The number of aryl methyl sites for hydroxylation is 2. The fraction of sp³-hybridized carbons (Fsp3) is 0.364. The molecule has 2 heterocycles. The van der Waals surface area contributed by atoms with Gasteiger partial charge in [-0.1, -0.05) is 0 Å². The molecular formula is C11H15N5. The minimum atomic E-state index is 0.815. The molecule has 0 saturated carbocycles. The van der Waals surface area contributed by atoms with Gasteiger partial charge in [0, 0.05) is 26.2 Å². The van der Waals surface area contributed by atoms with Crippen molar-refractivity contribution in [1.29, 1.82) is 0 Å². The zero-order chi connectivity index (χ0) is 11.4. The first kappa shape index (κ1) is 10.6. The van der Waals surface area contributed by atoms with Crippen molar-refractivity contribution < 1.29 is 0 Å². The lowest BCUT2D eigenvalue weighted by atomic mass is 10.3. The summed E-state index contributed by atoms with van der Waals surface area (Å²) in [6.07, 6.45) is 4.57. The minimum absolute atomic E-state index is 0.815. The Morgan fingerprint density at radius 3 is 3.00 bits per heavy atom. The molecule has 5 nitrogen and oxygen atoms in total. The first-order valence-electron chi connectivity index (χ1n) is 5.26. The smallest absolute Gasteiger partial charge is 0.148 e. The summed E-state index contributed by atoms with van der Waals surface area (Å²) < 4.78 is 1.81. The van der Waals surface area contributed by atoms with Crippen LogP contribution in [0.4, 0.5) is 5.82 Å². The van der Waals surface area contributed by atoms with Crippen molar-refractivity contribution >= 4 is 5.82 Å². The van der Waals surface area contributed by atoms with E-state index in [0.717, 1.165) is 30.0 Å². The van der Waals surface area contributed by atoms with Crippen molar-refractivity contribution in [2.45, 2.75) is 13.3 Å². The van der Waals surface area contributed by atoms with Crippen LogP contribution in [0.2, 0.25) is 0 Å². The van der Waals surface area contributed by atoms with Crippen LogP contribution >= 0.6 is 0 Å². The van der Waals surface area contributed by atoms with Crippen LogP contribution in [0.15, 0.2) is 24.5 Å². The molecule has 84 valence electrons. The molecule has 0 atom stereocenters. The number of anilines is 1. The van der Waals surface area contributed by atoms with Crippen LogP contribution in [0.25, 0.3) is 0 Å². The highest BCUT2D eigenvalue weighted by Crippen LogP contribution is 2.03. The van der Waals surface area contributed by atoms with E-state index in [2.05, 4.69) is 20.6 Å². The molecule has 0 spiro atoms. The summed E-state index contributed by atoms with van der Waals surface area (Å²) in [5, 5.41) is 15.4. The van der Waals surface area contributed by atoms with E-state index in [1.165, 1.54) is 0 Å². The molecule has 2 aromatic heterocycles. The topological polar surface area (TPSA) is 55.6 Å². The largest absolute Gasteiger partial charge is 0.368 e. The molecule has 0 aliphatic carbocycles. The molecule has 0 saturated heterocycles. The number of nitrogens with one attached hydrogen (secondary N) is 1. The summed E-state index contributed by atoms with van der Waals surface area (Å²) in [7, 11) is 1.92.